The zero-order valence-corrected chi connectivity index (χ0v) is 11.0. The van der Waals surface area contributed by atoms with E-state index in [-0.39, 0.29) is 0 Å². The third-order valence-electron chi connectivity index (χ3n) is 3.21. The molecule has 1 heterocycles. The fourth-order valence-corrected chi connectivity index (χ4v) is 2.09. The summed E-state index contributed by atoms with van der Waals surface area (Å²) >= 11 is 0. The molecule has 0 N–H and O–H groups in total. The Labute approximate surface area is 104 Å². The lowest BCUT2D eigenvalue weighted by Gasteiger charge is -2.11. The number of aryl methyl sites for hydroxylation is 2. The van der Waals surface area contributed by atoms with Crippen molar-refractivity contribution in [3.63, 3.8) is 0 Å². The van der Waals surface area contributed by atoms with Gasteiger partial charge >= 0.3 is 0 Å². The number of hydrogen-bond acceptors (Lipinski definition) is 2. The molecule has 0 bridgehead atoms. The van der Waals surface area contributed by atoms with E-state index in [1.807, 2.05) is 0 Å². The summed E-state index contributed by atoms with van der Waals surface area (Å²) in [5.41, 5.74) is 2.62. The van der Waals surface area contributed by atoms with Crippen molar-refractivity contribution in [2.45, 2.75) is 52.2 Å². The predicted molar refractivity (Wildman–Crippen MR) is 69.6 cm³/mol. The first-order valence-corrected chi connectivity index (χ1v) is 6.58. The maximum atomic E-state index is 5.78. The Morgan fingerprint density at radius 1 is 1.35 bits per heavy atom. The molecule has 2 unspecified atom stereocenters. The number of rotatable bonds is 6. The fraction of sp³-hybridized carbons (Fsp3) is 0.600. The molecular formula is C15H22O2. The first-order valence-electron chi connectivity index (χ1n) is 6.58. The zero-order valence-electron chi connectivity index (χ0n) is 11.0. The summed E-state index contributed by atoms with van der Waals surface area (Å²) in [4.78, 5) is 0. The van der Waals surface area contributed by atoms with Crippen LogP contribution in [0.15, 0.2) is 18.2 Å². The molecule has 1 aliphatic rings. The quantitative estimate of drug-likeness (QED) is 0.703. The minimum absolute atomic E-state index is 0.458. The Bertz CT molecular complexity index is 373. The average Bonchev–Trinajstić information content (AvgIpc) is 3.01. The number of ether oxygens (including phenoxy) is 2. The highest BCUT2D eigenvalue weighted by atomic mass is 16.6. The minimum atomic E-state index is 0.458. The molecular weight excluding hydrogens is 212 g/mol. The standard InChI is InChI=1S/C15H22O2/c1-4-9-16-15-7-5-11(2)10-13(15)6-8-14-12(3)17-14/h5,7,10,12,14H,4,6,8-9H2,1-3H3. The summed E-state index contributed by atoms with van der Waals surface area (Å²) in [6, 6.07) is 6.44. The third-order valence-corrected chi connectivity index (χ3v) is 3.21. The van der Waals surface area contributed by atoms with E-state index in [0.717, 1.165) is 31.6 Å². The molecule has 0 aliphatic carbocycles. The van der Waals surface area contributed by atoms with E-state index in [4.69, 9.17) is 9.47 Å². The van der Waals surface area contributed by atoms with Crippen LogP contribution in [0, 0.1) is 6.92 Å². The molecule has 94 valence electrons. The summed E-state index contributed by atoms with van der Waals surface area (Å²) in [5, 5.41) is 0. The lowest BCUT2D eigenvalue weighted by molar-refractivity contribution is 0.313. The van der Waals surface area contributed by atoms with E-state index >= 15 is 0 Å². The van der Waals surface area contributed by atoms with Gasteiger partial charge in [-0.05, 0) is 44.7 Å². The van der Waals surface area contributed by atoms with Gasteiger partial charge in [-0.25, -0.2) is 0 Å². The number of benzene rings is 1. The molecule has 1 aromatic rings. The van der Waals surface area contributed by atoms with Gasteiger partial charge in [0.25, 0.3) is 0 Å². The van der Waals surface area contributed by atoms with Crippen molar-refractivity contribution in [3.05, 3.63) is 29.3 Å². The molecule has 1 fully saturated rings. The van der Waals surface area contributed by atoms with Crippen molar-refractivity contribution in [2.24, 2.45) is 0 Å². The van der Waals surface area contributed by atoms with Crippen LogP contribution in [0.1, 0.15) is 37.8 Å². The van der Waals surface area contributed by atoms with E-state index in [0.29, 0.717) is 12.2 Å². The van der Waals surface area contributed by atoms with Gasteiger partial charge in [-0.3, -0.25) is 0 Å². The second-order valence-corrected chi connectivity index (χ2v) is 4.88. The third kappa shape index (κ3) is 3.47. The summed E-state index contributed by atoms with van der Waals surface area (Å²) in [7, 11) is 0. The van der Waals surface area contributed by atoms with E-state index in [9.17, 15) is 0 Å². The van der Waals surface area contributed by atoms with Crippen LogP contribution in [-0.4, -0.2) is 18.8 Å². The second-order valence-electron chi connectivity index (χ2n) is 4.88. The summed E-state index contributed by atoms with van der Waals surface area (Å²) in [5.74, 6) is 1.05. The maximum Gasteiger partial charge on any atom is 0.122 e. The number of epoxide rings is 1. The molecule has 0 radical (unpaired) electrons. The van der Waals surface area contributed by atoms with Crippen LogP contribution < -0.4 is 4.74 Å². The van der Waals surface area contributed by atoms with Crippen LogP contribution in [0.2, 0.25) is 0 Å². The predicted octanol–water partition coefficient (Wildman–Crippen LogP) is 3.50. The van der Waals surface area contributed by atoms with Gasteiger partial charge in [0.1, 0.15) is 5.75 Å². The molecule has 0 spiro atoms. The van der Waals surface area contributed by atoms with Crippen molar-refractivity contribution < 1.29 is 9.47 Å². The molecule has 2 atom stereocenters. The smallest absolute Gasteiger partial charge is 0.122 e. The van der Waals surface area contributed by atoms with Gasteiger partial charge in [0.2, 0.25) is 0 Å². The largest absolute Gasteiger partial charge is 0.493 e. The normalized spacial score (nSPS) is 22.5. The van der Waals surface area contributed by atoms with Gasteiger partial charge in [0, 0.05) is 0 Å². The van der Waals surface area contributed by atoms with Gasteiger partial charge in [0.15, 0.2) is 0 Å². The average molecular weight is 234 g/mol. The highest BCUT2D eigenvalue weighted by Crippen LogP contribution is 2.29. The maximum absolute atomic E-state index is 5.78. The van der Waals surface area contributed by atoms with Gasteiger partial charge in [-0.15, -0.1) is 0 Å². The number of hydrogen-bond donors (Lipinski definition) is 0. The Hall–Kier alpha value is -1.02. The monoisotopic (exact) mass is 234 g/mol. The van der Waals surface area contributed by atoms with Gasteiger partial charge in [-0.2, -0.15) is 0 Å². The second kappa shape index (κ2) is 5.54. The highest BCUT2D eigenvalue weighted by Gasteiger charge is 2.33. The SMILES string of the molecule is CCCOc1ccc(C)cc1CCC1OC1C. The molecule has 17 heavy (non-hydrogen) atoms. The lowest BCUT2D eigenvalue weighted by atomic mass is 10.0. The molecule has 0 aromatic heterocycles. The molecule has 0 saturated carbocycles. The van der Waals surface area contributed by atoms with Crippen molar-refractivity contribution in [1.29, 1.82) is 0 Å². The first kappa shape index (κ1) is 12.4. The van der Waals surface area contributed by atoms with E-state index < -0.39 is 0 Å². The van der Waals surface area contributed by atoms with Crippen LogP contribution in [0.25, 0.3) is 0 Å². The van der Waals surface area contributed by atoms with Gasteiger partial charge in [-0.1, -0.05) is 24.6 Å². The molecule has 0 amide bonds. The van der Waals surface area contributed by atoms with Crippen LogP contribution in [-0.2, 0) is 11.2 Å². The van der Waals surface area contributed by atoms with Crippen LogP contribution in [0.5, 0.6) is 5.75 Å². The van der Waals surface area contributed by atoms with Crippen molar-refractivity contribution in [3.8, 4) is 5.75 Å². The molecule has 1 aliphatic heterocycles. The Kier molecular flexibility index (Phi) is 4.06. The van der Waals surface area contributed by atoms with Crippen LogP contribution in [0.3, 0.4) is 0 Å². The van der Waals surface area contributed by atoms with Gasteiger partial charge in [0.05, 0.1) is 18.8 Å². The van der Waals surface area contributed by atoms with Gasteiger partial charge < -0.3 is 9.47 Å². The van der Waals surface area contributed by atoms with E-state index in [1.54, 1.807) is 0 Å². The van der Waals surface area contributed by atoms with Crippen LogP contribution >= 0.6 is 0 Å². The van der Waals surface area contributed by atoms with Crippen molar-refractivity contribution in [2.75, 3.05) is 6.61 Å². The Balaban J connectivity index is 1.98. The molecule has 1 aromatic carbocycles. The highest BCUT2D eigenvalue weighted by molar-refractivity contribution is 5.37. The summed E-state index contributed by atoms with van der Waals surface area (Å²) in [6.07, 6.45) is 4.13. The Morgan fingerprint density at radius 3 is 2.76 bits per heavy atom. The molecule has 2 nitrogen and oxygen atoms in total. The fourth-order valence-electron chi connectivity index (χ4n) is 2.09. The lowest BCUT2D eigenvalue weighted by Crippen LogP contribution is -2.01. The van der Waals surface area contributed by atoms with Crippen molar-refractivity contribution in [1.82, 2.24) is 0 Å². The molecule has 1 saturated heterocycles. The zero-order chi connectivity index (χ0) is 12.3. The van der Waals surface area contributed by atoms with Crippen LogP contribution in [0.4, 0.5) is 0 Å². The summed E-state index contributed by atoms with van der Waals surface area (Å²) < 4.78 is 11.2. The molecule has 2 heteroatoms. The minimum Gasteiger partial charge on any atom is -0.493 e. The van der Waals surface area contributed by atoms with E-state index in [1.165, 1.54) is 11.1 Å². The summed E-state index contributed by atoms with van der Waals surface area (Å²) in [6.45, 7) is 7.19. The van der Waals surface area contributed by atoms with Crippen molar-refractivity contribution >= 4 is 0 Å². The molecule has 2 rings (SSSR count). The van der Waals surface area contributed by atoms with E-state index in [2.05, 4.69) is 39.0 Å². The topological polar surface area (TPSA) is 21.8 Å². The first-order chi connectivity index (χ1) is 8.20. The Morgan fingerprint density at radius 2 is 2.12 bits per heavy atom.